The van der Waals surface area contributed by atoms with Crippen LogP contribution >= 0.6 is 15.9 Å². The van der Waals surface area contributed by atoms with Crippen molar-refractivity contribution in [2.24, 2.45) is 0 Å². The maximum absolute atomic E-state index is 5.23. The predicted octanol–water partition coefficient (Wildman–Crippen LogP) is 3.04. The van der Waals surface area contributed by atoms with E-state index in [1.54, 1.807) is 7.11 Å². The summed E-state index contributed by atoms with van der Waals surface area (Å²) in [4.78, 5) is 0. The number of hydrogen-bond acceptors (Lipinski definition) is 2. The third-order valence-electron chi connectivity index (χ3n) is 2.18. The molecule has 2 nitrogen and oxygen atoms in total. The van der Waals surface area contributed by atoms with Crippen molar-refractivity contribution < 1.29 is 9.47 Å². The molecule has 1 atom stereocenters. The lowest BCUT2D eigenvalue weighted by atomic mass is 9.96. The summed E-state index contributed by atoms with van der Waals surface area (Å²) in [6, 6.07) is 0. The van der Waals surface area contributed by atoms with Gasteiger partial charge in [0.2, 0.25) is 0 Å². The minimum absolute atomic E-state index is 0.151. The molecule has 0 aliphatic heterocycles. The third-order valence-corrected chi connectivity index (χ3v) is 3.17. The summed E-state index contributed by atoms with van der Waals surface area (Å²) in [6.07, 6.45) is 11.8. The molecule has 80 valence electrons. The van der Waals surface area contributed by atoms with Gasteiger partial charge in [0.05, 0.1) is 0 Å². The van der Waals surface area contributed by atoms with E-state index in [0.717, 1.165) is 25.9 Å². The van der Waals surface area contributed by atoms with Crippen LogP contribution < -0.4 is 0 Å². The van der Waals surface area contributed by atoms with Crippen molar-refractivity contribution in [3.63, 3.8) is 0 Å². The molecule has 0 N–H and O–H groups in total. The maximum Gasteiger partial charge on any atom is 0.146 e. The molecule has 0 radical (unpaired) electrons. The molecule has 0 amide bonds. The number of alkyl halides is 1. The fourth-order valence-electron chi connectivity index (χ4n) is 1.43. The zero-order valence-electron chi connectivity index (χ0n) is 8.54. The molecular weight excluding hydrogens is 244 g/mol. The number of rotatable bonds is 6. The van der Waals surface area contributed by atoms with Crippen LogP contribution in [0.4, 0.5) is 0 Å². The van der Waals surface area contributed by atoms with Crippen molar-refractivity contribution >= 4 is 15.9 Å². The first kappa shape index (κ1) is 12.0. The molecule has 0 aromatic rings. The quantitative estimate of drug-likeness (QED) is 0.415. The summed E-state index contributed by atoms with van der Waals surface area (Å²) >= 11 is 3.74. The molecule has 0 aromatic heterocycles. The van der Waals surface area contributed by atoms with Crippen LogP contribution in [0.1, 0.15) is 19.3 Å². The number of allylic oxidation sites excluding steroid dienone is 4. The Morgan fingerprint density at radius 3 is 2.93 bits per heavy atom. The van der Waals surface area contributed by atoms with Gasteiger partial charge >= 0.3 is 0 Å². The van der Waals surface area contributed by atoms with E-state index in [9.17, 15) is 0 Å². The highest BCUT2D eigenvalue weighted by Gasteiger charge is 2.22. The molecule has 1 aliphatic rings. The van der Waals surface area contributed by atoms with E-state index in [2.05, 4.69) is 40.2 Å². The smallest absolute Gasteiger partial charge is 0.146 e. The summed E-state index contributed by atoms with van der Waals surface area (Å²) in [5.41, 5.74) is 0. The molecule has 0 saturated heterocycles. The van der Waals surface area contributed by atoms with Crippen molar-refractivity contribution in [1.82, 2.24) is 0 Å². The van der Waals surface area contributed by atoms with E-state index in [1.807, 2.05) is 0 Å². The monoisotopic (exact) mass is 260 g/mol. The largest absolute Gasteiger partial charge is 0.359 e. The first-order valence-electron chi connectivity index (χ1n) is 4.87. The minimum Gasteiger partial charge on any atom is -0.359 e. The van der Waals surface area contributed by atoms with E-state index < -0.39 is 0 Å². The van der Waals surface area contributed by atoms with Crippen molar-refractivity contribution in [1.29, 1.82) is 0 Å². The zero-order valence-corrected chi connectivity index (χ0v) is 10.1. The molecule has 0 bridgehead atoms. The lowest BCUT2D eigenvalue weighted by Gasteiger charge is -2.23. The van der Waals surface area contributed by atoms with E-state index in [0.29, 0.717) is 6.79 Å². The molecule has 1 unspecified atom stereocenters. The topological polar surface area (TPSA) is 18.5 Å². The molecule has 0 spiro atoms. The first-order chi connectivity index (χ1) is 6.77. The van der Waals surface area contributed by atoms with Crippen LogP contribution in [-0.4, -0.2) is 24.8 Å². The average Bonchev–Trinajstić information content (AvgIpc) is 2.18. The van der Waals surface area contributed by atoms with Gasteiger partial charge in [-0.25, -0.2) is 0 Å². The summed E-state index contributed by atoms with van der Waals surface area (Å²) in [5, 5.41) is 0. The van der Waals surface area contributed by atoms with Gasteiger partial charge < -0.3 is 9.47 Å². The normalized spacial score (nSPS) is 25.6. The maximum atomic E-state index is 5.23. The van der Waals surface area contributed by atoms with Gasteiger partial charge in [0, 0.05) is 18.0 Å². The van der Waals surface area contributed by atoms with Crippen LogP contribution in [0.3, 0.4) is 0 Å². The van der Waals surface area contributed by atoms with Crippen molar-refractivity contribution in [3.05, 3.63) is 24.3 Å². The molecular formula is C11H17BrO2. The van der Waals surface area contributed by atoms with Gasteiger partial charge in [-0.15, -0.1) is 0 Å². The first-order valence-corrected chi connectivity index (χ1v) is 5.66. The van der Waals surface area contributed by atoms with E-state index in [4.69, 9.17) is 9.47 Å². The highest BCUT2D eigenvalue weighted by Crippen LogP contribution is 2.32. The van der Waals surface area contributed by atoms with Crippen LogP contribution in [-0.2, 0) is 9.47 Å². The Morgan fingerprint density at radius 2 is 2.29 bits per heavy atom. The van der Waals surface area contributed by atoms with Crippen LogP contribution in [0.15, 0.2) is 24.3 Å². The van der Waals surface area contributed by atoms with Crippen LogP contribution in [0.25, 0.3) is 0 Å². The lowest BCUT2D eigenvalue weighted by Crippen LogP contribution is -2.18. The second-order valence-electron chi connectivity index (χ2n) is 3.44. The molecule has 0 heterocycles. The third kappa shape index (κ3) is 4.40. The Labute approximate surface area is 94.1 Å². The molecule has 1 rings (SSSR count). The Balaban J connectivity index is 2.11. The highest BCUT2D eigenvalue weighted by molar-refractivity contribution is 9.10. The van der Waals surface area contributed by atoms with E-state index in [1.165, 1.54) is 0 Å². The molecule has 0 saturated carbocycles. The minimum atomic E-state index is 0.151. The van der Waals surface area contributed by atoms with Crippen LogP contribution in [0, 0.1) is 0 Å². The molecule has 3 heteroatoms. The summed E-state index contributed by atoms with van der Waals surface area (Å²) in [7, 11) is 1.64. The fourth-order valence-corrected chi connectivity index (χ4v) is 2.05. The number of ether oxygens (including phenoxy) is 2. The number of hydrogen-bond donors (Lipinski definition) is 0. The van der Waals surface area contributed by atoms with E-state index in [-0.39, 0.29) is 4.32 Å². The highest BCUT2D eigenvalue weighted by atomic mass is 79.9. The van der Waals surface area contributed by atoms with Crippen molar-refractivity contribution in [3.8, 4) is 0 Å². The molecule has 1 aliphatic carbocycles. The SMILES string of the molecule is COCOCCCC1(Br)C=CC=CC1. The Morgan fingerprint density at radius 1 is 1.43 bits per heavy atom. The predicted molar refractivity (Wildman–Crippen MR) is 61.6 cm³/mol. The summed E-state index contributed by atoms with van der Waals surface area (Å²) in [6.45, 7) is 1.16. The van der Waals surface area contributed by atoms with Gasteiger partial charge in [-0.3, -0.25) is 0 Å². The molecule has 0 aromatic carbocycles. The Bertz CT molecular complexity index is 213. The standard InChI is InChI=1S/C11H17BrO2/c1-13-10-14-9-5-8-11(12)6-3-2-4-7-11/h2-4,6H,5,7-10H2,1H3. The Hall–Kier alpha value is -0.120. The second-order valence-corrected chi connectivity index (χ2v) is 5.02. The van der Waals surface area contributed by atoms with Gasteiger partial charge in [-0.1, -0.05) is 40.2 Å². The average molecular weight is 261 g/mol. The van der Waals surface area contributed by atoms with Crippen molar-refractivity contribution in [2.75, 3.05) is 20.5 Å². The number of methoxy groups -OCH3 is 1. The zero-order chi connectivity index (χ0) is 10.3. The van der Waals surface area contributed by atoms with E-state index >= 15 is 0 Å². The Kier molecular flexibility index (Phi) is 5.45. The second kappa shape index (κ2) is 6.38. The van der Waals surface area contributed by atoms with Gasteiger partial charge in [-0.2, -0.15) is 0 Å². The van der Waals surface area contributed by atoms with Gasteiger partial charge in [0.25, 0.3) is 0 Å². The van der Waals surface area contributed by atoms with Crippen LogP contribution in [0.5, 0.6) is 0 Å². The molecule has 0 fully saturated rings. The van der Waals surface area contributed by atoms with Gasteiger partial charge in [0.15, 0.2) is 0 Å². The summed E-state index contributed by atoms with van der Waals surface area (Å²) < 4.78 is 10.2. The number of halogens is 1. The van der Waals surface area contributed by atoms with Gasteiger partial charge in [-0.05, 0) is 19.3 Å². The van der Waals surface area contributed by atoms with Crippen molar-refractivity contribution in [2.45, 2.75) is 23.6 Å². The summed E-state index contributed by atoms with van der Waals surface area (Å²) in [5.74, 6) is 0. The van der Waals surface area contributed by atoms with Gasteiger partial charge in [0.1, 0.15) is 6.79 Å². The fraction of sp³-hybridized carbons (Fsp3) is 0.636. The molecule has 14 heavy (non-hydrogen) atoms. The van der Waals surface area contributed by atoms with Crippen LogP contribution in [0.2, 0.25) is 0 Å². The lowest BCUT2D eigenvalue weighted by molar-refractivity contribution is -0.0317.